The predicted octanol–water partition coefficient (Wildman–Crippen LogP) is 5.09. The number of aromatic hydroxyl groups is 1. The highest BCUT2D eigenvalue weighted by Crippen LogP contribution is 2.43. The summed E-state index contributed by atoms with van der Waals surface area (Å²) in [5.41, 5.74) is 0.998. The minimum atomic E-state index is -1.43. The highest BCUT2D eigenvalue weighted by molar-refractivity contribution is 6.10. The van der Waals surface area contributed by atoms with E-state index in [1.165, 1.54) is 41.3 Å². The summed E-state index contributed by atoms with van der Waals surface area (Å²) in [6.07, 6.45) is 0.0942. The van der Waals surface area contributed by atoms with E-state index in [0.717, 1.165) is 0 Å². The fourth-order valence-electron chi connectivity index (χ4n) is 5.13. The molecule has 0 radical (unpaired) electrons. The molecule has 2 atom stereocenters. The minimum Gasteiger partial charge on any atom is -0.508 e. The molecule has 186 valence electrons. The first-order valence-corrected chi connectivity index (χ1v) is 12.1. The Morgan fingerprint density at radius 3 is 1.57 bits per heavy atom. The molecule has 1 aliphatic rings. The van der Waals surface area contributed by atoms with Crippen molar-refractivity contribution in [3.63, 3.8) is 0 Å². The van der Waals surface area contributed by atoms with Crippen molar-refractivity contribution in [1.82, 2.24) is 4.90 Å². The van der Waals surface area contributed by atoms with Crippen molar-refractivity contribution >= 4 is 11.8 Å². The molecule has 4 aromatic rings. The van der Waals surface area contributed by atoms with Gasteiger partial charge in [-0.1, -0.05) is 84.9 Å². The van der Waals surface area contributed by atoms with Crippen LogP contribution >= 0.6 is 0 Å². The molecule has 0 spiro atoms. The predicted molar refractivity (Wildman–Crippen MR) is 137 cm³/mol. The number of nitrogens with zero attached hydrogens (tertiary/aromatic N) is 1. The van der Waals surface area contributed by atoms with Crippen LogP contribution in [0.25, 0.3) is 0 Å². The van der Waals surface area contributed by atoms with Gasteiger partial charge in [0, 0.05) is 13.0 Å². The Balaban J connectivity index is 1.50. The maximum Gasteiger partial charge on any atom is 0.237 e. The number of imide groups is 1. The molecular formula is C31H26FNO4. The third-order valence-corrected chi connectivity index (χ3v) is 7.08. The van der Waals surface area contributed by atoms with Crippen molar-refractivity contribution in [1.29, 1.82) is 0 Å². The first-order chi connectivity index (χ1) is 17.9. The van der Waals surface area contributed by atoms with Crippen LogP contribution in [-0.2, 0) is 15.2 Å². The lowest BCUT2D eigenvalue weighted by atomic mass is 9.83. The number of carbonyl (C=O) groups excluding carboxylic acids is 2. The highest BCUT2D eigenvalue weighted by Gasteiger charge is 2.49. The SMILES string of the molecule is O=C1C(c2ccc(O)cc2)C(c2ccc(F)cc2)C(=O)N1CCC(O)(c1ccccc1)c1ccccc1. The Bertz CT molecular complexity index is 1290. The van der Waals surface area contributed by atoms with Gasteiger partial charge in [0.1, 0.15) is 17.2 Å². The van der Waals surface area contributed by atoms with Crippen LogP contribution in [0.2, 0.25) is 0 Å². The molecule has 1 heterocycles. The Labute approximate surface area is 214 Å². The van der Waals surface area contributed by atoms with E-state index in [-0.39, 0.29) is 18.7 Å². The summed E-state index contributed by atoms with van der Waals surface area (Å²) in [5, 5.41) is 21.6. The van der Waals surface area contributed by atoms with Gasteiger partial charge in [0.15, 0.2) is 0 Å². The average molecular weight is 496 g/mol. The number of amides is 2. The first-order valence-electron chi connectivity index (χ1n) is 12.1. The molecule has 2 N–H and O–H groups in total. The molecule has 1 fully saturated rings. The molecule has 5 rings (SSSR count). The number of halogens is 1. The van der Waals surface area contributed by atoms with Gasteiger partial charge in [-0.2, -0.15) is 0 Å². The number of carbonyl (C=O) groups is 2. The summed E-state index contributed by atoms with van der Waals surface area (Å²) < 4.78 is 13.6. The van der Waals surface area contributed by atoms with Crippen molar-refractivity contribution in [3.8, 4) is 5.75 Å². The van der Waals surface area contributed by atoms with Gasteiger partial charge in [0.25, 0.3) is 0 Å². The summed E-state index contributed by atoms with van der Waals surface area (Å²) in [4.78, 5) is 28.6. The first kappa shape index (κ1) is 24.4. The minimum absolute atomic E-state index is 0.00969. The monoisotopic (exact) mass is 495 g/mol. The highest BCUT2D eigenvalue weighted by atomic mass is 19.1. The fourth-order valence-corrected chi connectivity index (χ4v) is 5.13. The summed E-state index contributed by atoms with van der Waals surface area (Å²) in [6, 6.07) is 30.1. The standard InChI is InChI=1S/C31H26FNO4/c32-25-15-11-21(12-16-25)27-28(22-13-17-26(34)18-14-22)30(36)33(29(27)35)20-19-31(37,23-7-3-1-4-8-23)24-9-5-2-6-10-24/h1-18,27-28,34,37H,19-20H2. The van der Waals surface area contributed by atoms with Crippen LogP contribution in [0.4, 0.5) is 4.39 Å². The lowest BCUT2D eigenvalue weighted by molar-refractivity contribution is -0.139. The van der Waals surface area contributed by atoms with Crippen LogP contribution in [-0.4, -0.2) is 33.5 Å². The molecule has 2 amide bonds. The third kappa shape index (κ3) is 4.63. The topological polar surface area (TPSA) is 77.8 Å². The molecule has 2 unspecified atom stereocenters. The van der Waals surface area contributed by atoms with Gasteiger partial charge in [-0.3, -0.25) is 14.5 Å². The molecule has 0 aliphatic carbocycles. The van der Waals surface area contributed by atoms with E-state index in [0.29, 0.717) is 22.3 Å². The van der Waals surface area contributed by atoms with E-state index in [9.17, 15) is 24.2 Å². The molecular weight excluding hydrogens is 469 g/mol. The second-order valence-corrected chi connectivity index (χ2v) is 9.27. The Morgan fingerprint density at radius 2 is 1.11 bits per heavy atom. The lowest BCUT2D eigenvalue weighted by Crippen LogP contribution is -2.37. The van der Waals surface area contributed by atoms with E-state index >= 15 is 0 Å². The van der Waals surface area contributed by atoms with Gasteiger partial charge in [-0.05, 0) is 46.5 Å². The van der Waals surface area contributed by atoms with E-state index in [4.69, 9.17) is 0 Å². The van der Waals surface area contributed by atoms with Gasteiger partial charge >= 0.3 is 0 Å². The van der Waals surface area contributed by atoms with Crippen LogP contribution in [0.3, 0.4) is 0 Å². The van der Waals surface area contributed by atoms with Crippen LogP contribution < -0.4 is 0 Å². The molecule has 1 aliphatic heterocycles. The van der Waals surface area contributed by atoms with Gasteiger partial charge in [-0.25, -0.2) is 4.39 Å². The van der Waals surface area contributed by atoms with Crippen LogP contribution in [0.1, 0.15) is 40.5 Å². The normalized spacial score (nSPS) is 17.8. The maximum atomic E-state index is 13.7. The van der Waals surface area contributed by atoms with Crippen LogP contribution in [0, 0.1) is 5.82 Å². The van der Waals surface area contributed by atoms with Crippen molar-refractivity contribution in [2.24, 2.45) is 0 Å². The molecule has 0 saturated carbocycles. The largest absolute Gasteiger partial charge is 0.508 e. The van der Waals surface area contributed by atoms with Gasteiger partial charge < -0.3 is 10.2 Å². The molecule has 1 saturated heterocycles. The van der Waals surface area contributed by atoms with E-state index in [1.807, 2.05) is 60.7 Å². The van der Waals surface area contributed by atoms with Crippen LogP contribution in [0.15, 0.2) is 109 Å². The smallest absolute Gasteiger partial charge is 0.237 e. The number of rotatable bonds is 7. The fraction of sp³-hybridized carbons (Fsp3) is 0.161. The van der Waals surface area contributed by atoms with Gasteiger partial charge in [0.2, 0.25) is 11.8 Å². The molecule has 6 heteroatoms. The summed E-state index contributed by atoms with van der Waals surface area (Å²) in [7, 11) is 0. The Morgan fingerprint density at radius 1 is 0.676 bits per heavy atom. The number of phenols is 1. The Hall–Kier alpha value is -4.29. The zero-order chi connectivity index (χ0) is 26.0. The van der Waals surface area contributed by atoms with E-state index in [1.54, 1.807) is 12.1 Å². The quantitative estimate of drug-likeness (QED) is 0.350. The van der Waals surface area contributed by atoms with E-state index in [2.05, 4.69) is 0 Å². The molecule has 5 nitrogen and oxygen atoms in total. The molecule has 37 heavy (non-hydrogen) atoms. The second kappa shape index (κ2) is 9.99. The number of likely N-dealkylation sites (tertiary alicyclic amines) is 1. The second-order valence-electron chi connectivity index (χ2n) is 9.27. The number of benzene rings is 4. The zero-order valence-electron chi connectivity index (χ0n) is 20.0. The lowest BCUT2D eigenvalue weighted by Gasteiger charge is -2.31. The number of phenolic OH excluding ortho intramolecular Hbond substituents is 1. The average Bonchev–Trinajstić information content (AvgIpc) is 3.18. The third-order valence-electron chi connectivity index (χ3n) is 7.08. The maximum absolute atomic E-state index is 13.7. The van der Waals surface area contributed by atoms with Crippen molar-refractivity contribution in [3.05, 3.63) is 137 Å². The summed E-state index contributed by atoms with van der Waals surface area (Å²) >= 11 is 0. The molecule has 0 bridgehead atoms. The van der Waals surface area contributed by atoms with Gasteiger partial charge in [-0.15, -0.1) is 0 Å². The summed E-state index contributed by atoms with van der Waals surface area (Å²) in [6.45, 7) is -0.00969. The van der Waals surface area contributed by atoms with E-state index < -0.39 is 35.1 Å². The molecule has 0 aromatic heterocycles. The Kier molecular flexibility index (Phi) is 6.59. The molecule has 4 aromatic carbocycles. The number of aliphatic hydroxyl groups is 1. The van der Waals surface area contributed by atoms with Crippen molar-refractivity contribution in [2.75, 3.05) is 6.54 Å². The van der Waals surface area contributed by atoms with Crippen molar-refractivity contribution < 1.29 is 24.2 Å². The number of hydrogen-bond donors (Lipinski definition) is 2. The number of hydrogen-bond acceptors (Lipinski definition) is 4. The summed E-state index contributed by atoms with van der Waals surface area (Å²) in [5.74, 6) is -2.87. The van der Waals surface area contributed by atoms with Crippen molar-refractivity contribution in [2.45, 2.75) is 23.9 Å². The van der Waals surface area contributed by atoms with Gasteiger partial charge in [0.05, 0.1) is 11.8 Å². The van der Waals surface area contributed by atoms with Crippen LogP contribution in [0.5, 0.6) is 5.75 Å². The zero-order valence-corrected chi connectivity index (χ0v) is 20.0.